The maximum Gasteiger partial charge on any atom is 0.179 e. The Morgan fingerprint density at radius 3 is 2.52 bits per heavy atom. The molecule has 120 valence electrons. The Bertz CT molecular complexity index is 732. The van der Waals surface area contributed by atoms with Crippen molar-refractivity contribution in [1.29, 1.82) is 0 Å². The summed E-state index contributed by atoms with van der Waals surface area (Å²) in [5, 5.41) is 10.3. The van der Waals surface area contributed by atoms with E-state index >= 15 is 0 Å². The quantitative estimate of drug-likeness (QED) is 0.871. The van der Waals surface area contributed by atoms with Crippen LogP contribution in [0.4, 0.5) is 5.69 Å². The number of hydrogen-bond acceptors (Lipinski definition) is 3. The Hall–Kier alpha value is -1.78. The molecule has 0 fully saturated rings. The van der Waals surface area contributed by atoms with Crippen molar-refractivity contribution in [2.75, 3.05) is 18.6 Å². The zero-order valence-electron chi connectivity index (χ0n) is 13.9. The van der Waals surface area contributed by atoms with Gasteiger partial charge in [-0.25, -0.2) is 4.57 Å². The van der Waals surface area contributed by atoms with Crippen LogP contribution in [-0.2, 0) is 6.54 Å². The van der Waals surface area contributed by atoms with Gasteiger partial charge in [0.15, 0.2) is 17.9 Å². The third kappa shape index (κ3) is 3.28. The molecule has 4 heteroatoms. The number of fused-ring (bicyclic) bond motifs is 1. The Labute approximate surface area is 142 Å². The number of rotatable bonds is 4. The Kier molecular flexibility index (Phi) is 4.74. The number of para-hydroxylation sites is 1. The fraction of sp³-hybridized carbons (Fsp3) is 0.316. The molecule has 0 radical (unpaired) electrons. The number of benzene rings is 1. The van der Waals surface area contributed by atoms with E-state index < -0.39 is 0 Å². The smallest absolute Gasteiger partial charge is 0.179 e. The number of thioether (sulfide) groups is 1. The normalized spacial score (nSPS) is 15.3. The standard InChI is InChI=1S/C19H23N2OS/c1-14-11-16(12-15(2)21(14)9-6-10-22)13-19-20(3)17-7-4-5-8-18(17)23-19/h4-5,7-8,11-13,22H,6,9-10H2,1-3H3/q+1. The fourth-order valence-electron chi connectivity index (χ4n) is 3.01. The minimum atomic E-state index is 0.234. The van der Waals surface area contributed by atoms with E-state index in [9.17, 15) is 0 Å². The van der Waals surface area contributed by atoms with E-state index in [2.05, 4.69) is 72.8 Å². The van der Waals surface area contributed by atoms with Gasteiger partial charge in [0, 0.05) is 51.0 Å². The molecule has 3 nitrogen and oxygen atoms in total. The second-order valence-corrected chi connectivity index (χ2v) is 6.97. The first kappa shape index (κ1) is 16.1. The van der Waals surface area contributed by atoms with Crippen LogP contribution in [0.5, 0.6) is 0 Å². The molecule has 1 aliphatic heterocycles. The van der Waals surface area contributed by atoms with E-state index in [1.165, 1.54) is 32.6 Å². The van der Waals surface area contributed by atoms with Gasteiger partial charge in [-0.3, -0.25) is 0 Å². The van der Waals surface area contributed by atoms with Crippen molar-refractivity contribution in [3.05, 3.63) is 58.4 Å². The largest absolute Gasteiger partial charge is 0.396 e. The number of hydrogen-bond donors (Lipinski definition) is 1. The van der Waals surface area contributed by atoms with Crippen molar-refractivity contribution in [1.82, 2.24) is 0 Å². The molecule has 1 aromatic heterocycles. The van der Waals surface area contributed by atoms with Crippen molar-refractivity contribution in [3.63, 3.8) is 0 Å². The summed E-state index contributed by atoms with van der Waals surface area (Å²) in [6, 6.07) is 12.9. The molecule has 0 saturated heterocycles. The highest BCUT2D eigenvalue weighted by atomic mass is 32.2. The number of nitrogens with zero attached hydrogens (tertiary/aromatic N) is 2. The number of pyridine rings is 1. The van der Waals surface area contributed by atoms with Gasteiger partial charge in [-0.2, -0.15) is 0 Å². The summed E-state index contributed by atoms with van der Waals surface area (Å²) in [4.78, 5) is 3.56. The molecule has 1 aliphatic rings. The van der Waals surface area contributed by atoms with Gasteiger partial charge >= 0.3 is 0 Å². The number of aliphatic hydroxyl groups is 1. The highest BCUT2D eigenvalue weighted by Crippen LogP contribution is 2.45. The first-order valence-electron chi connectivity index (χ1n) is 7.94. The minimum absolute atomic E-state index is 0.234. The number of aliphatic hydroxyl groups excluding tert-OH is 1. The van der Waals surface area contributed by atoms with E-state index in [4.69, 9.17) is 5.11 Å². The molecule has 2 heterocycles. The predicted molar refractivity (Wildman–Crippen MR) is 96.5 cm³/mol. The van der Waals surface area contributed by atoms with Crippen LogP contribution in [0, 0.1) is 13.8 Å². The lowest BCUT2D eigenvalue weighted by molar-refractivity contribution is -0.709. The molecule has 0 saturated carbocycles. The summed E-state index contributed by atoms with van der Waals surface area (Å²) in [7, 11) is 2.12. The lowest BCUT2D eigenvalue weighted by Gasteiger charge is -2.13. The molecule has 0 atom stereocenters. The van der Waals surface area contributed by atoms with Crippen LogP contribution in [0.2, 0.25) is 0 Å². The zero-order valence-corrected chi connectivity index (χ0v) is 14.7. The van der Waals surface area contributed by atoms with Gasteiger partial charge in [0.25, 0.3) is 0 Å². The van der Waals surface area contributed by atoms with Crippen LogP contribution in [0.25, 0.3) is 6.08 Å². The van der Waals surface area contributed by atoms with Gasteiger partial charge in [-0.1, -0.05) is 23.9 Å². The fourth-order valence-corrected chi connectivity index (χ4v) is 4.12. The van der Waals surface area contributed by atoms with Gasteiger partial charge in [0.1, 0.15) is 0 Å². The van der Waals surface area contributed by atoms with Crippen LogP contribution in [0.15, 0.2) is 46.3 Å². The molecule has 23 heavy (non-hydrogen) atoms. The second kappa shape index (κ2) is 6.77. The Balaban J connectivity index is 1.89. The van der Waals surface area contributed by atoms with Gasteiger partial charge in [0.05, 0.1) is 10.7 Å². The molecule has 1 aromatic carbocycles. The second-order valence-electron chi connectivity index (χ2n) is 5.91. The van der Waals surface area contributed by atoms with Crippen LogP contribution in [-0.4, -0.2) is 18.8 Å². The summed E-state index contributed by atoms with van der Waals surface area (Å²) in [6.45, 7) is 5.36. The Morgan fingerprint density at radius 2 is 1.87 bits per heavy atom. The van der Waals surface area contributed by atoms with Crippen LogP contribution in [0.3, 0.4) is 0 Å². The van der Waals surface area contributed by atoms with Crippen LogP contribution >= 0.6 is 11.8 Å². The number of aromatic nitrogens is 1. The molecule has 0 spiro atoms. The van der Waals surface area contributed by atoms with Gasteiger partial charge < -0.3 is 10.0 Å². The molecular formula is C19H23N2OS+. The van der Waals surface area contributed by atoms with E-state index in [1.54, 1.807) is 0 Å². The summed E-state index contributed by atoms with van der Waals surface area (Å²) in [5.74, 6) is 0. The molecule has 0 aliphatic carbocycles. The van der Waals surface area contributed by atoms with E-state index in [0.717, 1.165) is 13.0 Å². The molecule has 3 rings (SSSR count). The van der Waals surface area contributed by atoms with Crippen LogP contribution < -0.4 is 9.47 Å². The average molecular weight is 327 g/mol. The topological polar surface area (TPSA) is 27.4 Å². The zero-order chi connectivity index (χ0) is 16.4. The first-order chi connectivity index (χ1) is 11.1. The third-order valence-electron chi connectivity index (χ3n) is 4.20. The van der Waals surface area contributed by atoms with Crippen molar-refractivity contribution >= 4 is 23.5 Å². The highest BCUT2D eigenvalue weighted by molar-refractivity contribution is 8.03. The summed E-state index contributed by atoms with van der Waals surface area (Å²) >= 11 is 1.82. The van der Waals surface area contributed by atoms with Crippen molar-refractivity contribution < 1.29 is 9.67 Å². The monoisotopic (exact) mass is 327 g/mol. The first-order valence-corrected chi connectivity index (χ1v) is 8.76. The number of anilines is 1. The van der Waals surface area contributed by atoms with E-state index in [-0.39, 0.29) is 6.61 Å². The van der Waals surface area contributed by atoms with Crippen molar-refractivity contribution in [2.24, 2.45) is 0 Å². The molecule has 0 unspecified atom stereocenters. The average Bonchev–Trinajstić information content (AvgIpc) is 2.83. The summed E-state index contributed by atoms with van der Waals surface area (Å²) < 4.78 is 2.26. The molecular weight excluding hydrogens is 304 g/mol. The van der Waals surface area contributed by atoms with Crippen LogP contribution in [0.1, 0.15) is 23.4 Å². The summed E-state index contributed by atoms with van der Waals surface area (Å²) in [5.41, 5.74) is 4.95. The third-order valence-corrected chi connectivity index (χ3v) is 5.37. The molecule has 2 aromatic rings. The number of aryl methyl sites for hydroxylation is 2. The predicted octanol–water partition coefficient (Wildman–Crippen LogP) is 3.51. The molecule has 0 amide bonds. The van der Waals surface area contributed by atoms with Gasteiger partial charge in [0.2, 0.25) is 0 Å². The lowest BCUT2D eigenvalue weighted by Crippen LogP contribution is -2.40. The maximum atomic E-state index is 9.04. The SMILES string of the molecule is Cc1cc(/C=C2/Sc3ccccc3N2C)cc(C)[n+]1CCCO. The molecule has 1 N–H and O–H groups in total. The van der Waals surface area contributed by atoms with E-state index in [0.29, 0.717) is 0 Å². The Morgan fingerprint density at radius 1 is 1.17 bits per heavy atom. The van der Waals surface area contributed by atoms with Gasteiger partial charge in [-0.15, -0.1) is 0 Å². The minimum Gasteiger partial charge on any atom is -0.396 e. The van der Waals surface area contributed by atoms with Crippen molar-refractivity contribution in [2.45, 2.75) is 31.7 Å². The summed E-state index contributed by atoms with van der Waals surface area (Å²) in [6.07, 6.45) is 3.04. The van der Waals surface area contributed by atoms with Crippen molar-refractivity contribution in [3.8, 4) is 0 Å². The lowest BCUT2D eigenvalue weighted by atomic mass is 10.1. The molecule has 0 bridgehead atoms. The van der Waals surface area contributed by atoms with E-state index in [1.807, 2.05) is 11.8 Å². The maximum absolute atomic E-state index is 9.04. The highest BCUT2D eigenvalue weighted by Gasteiger charge is 2.21. The van der Waals surface area contributed by atoms with Gasteiger partial charge in [-0.05, 0) is 23.8 Å².